The van der Waals surface area contributed by atoms with E-state index in [0.717, 1.165) is 30.0 Å². The number of benzene rings is 2. The molecule has 0 bridgehead atoms. The third-order valence-corrected chi connectivity index (χ3v) is 4.08. The van der Waals surface area contributed by atoms with Crippen molar-refractivity contribution in [1.29, 1.82) is 0 Å². The van der Waals surface area contributed by atoms with Crippen molar-refractivity contribution in [3.8, 4) is 0 Å². The lowest BCUT2D eigenvalue weighted by atomic mass is 10.0. The van der Waals surface area contributed by atoms with Crippen LogP contribution in [0.15, 0.2) is 42.5 Å². The van der Waals surface area contributed by atoms with Gasteiger partial charge in [-0.15, -0.1) is 0 Å². The minimum Gasteiger partial charge on any atom is -0.382 e. The molecule has 25 heavy (non-hydrogen) atoms. The first kappa shape index (κ1) is 16.8. The molecular formula is C19H22N4O2. The van der Waals surface area contributed by atoms with Crippen LogP contribution in [0.5, 0.6) is 0 Å². The molecule has 0 saturated carbocycles. The third kappa shape index (κ3) is 4.09. The molecule has 4 N–H and O–H groups in total. The quantitative estimate of drug-likeness (QED) is 0.689. The van der Waals surface area contributed by atoms with Gasteiger partial charge in [0.25, 0.3) is 5.91 Å². The van der Waals surface area contributed by atoms with Gasteiger partial charge < -0.3 is 16.0 Å². The summed E-state index contributed by atoms with van der Waals surface area (Å²) in [4.78, 5) is 24.4. The maximum absolute atomic E-state index is 12.3. The normalized spacial score (nSPS) is 12.6. The molecule has 0 aromatic heterocycles. The van der Waals surface area contributed by atoms with Crippen molar-refractivity contribution in [2.75, 3.05) is 29.0 Å². The van der Waals surface area contributed by atoms with Gasteiger partial charge in [-0.2, -0.15) is 0 Å². The van der Waals surface area contributed by atoms with Gasteiger partial charge >= 0.3 is 6.03 Å². The van der Waals surface area contributed by atoms with Gasteiger partial charge in [0.2, 0.25) is 0 Å². The van der Waals surface area contributed by atoms with Crippen molar-refractivity contribution in [1.82, 2.24) is 5.32 Å². The molecule has 6 nitrogen and oxygen atoms in total. The molecule has 0 atom stereocenters. The molecule has 3 rings (SSSR count). The monoisotopic (exact) mass is 338 g/mol. The van der Waals surface area contributed by atoms with E-state index < -0.39 is 11.9 Å². The fraction of sp³-hybridized carbons (Fsp3) is 0.263. The molecule has 0 spiro atoms. The Hall–Kier alpha value is -3.02. The molecule has 0 fully saturated rings. The Balaban J connectivity index is 1.64. The number of hydrogen-bond acceptors (Lipinski definition) is 4. The summed E-state index contributed by atoms with van der Waals surface area (Å²) in [6.07, 6.45) is 0. The van der Waals surface area contributed by atoms with Crippen LogP contribution in [0, 0.1) is 0 Å². The maximum atomic E-state index is 12.3. The molecule has 0 saturated heterocycles. The van der Waals surface area contributed by atoms with Gasteiger partial charge in [-0.25, -0.2) is 4.79 Å². The van der Waals surface area contributed by atoms with Gasteiger partial charge in [0.1, 0.15) is 0 Å². The van der Waals surface area contributed by atoms with Gasteiger partial charge in [-0.1, -0.05) is 26.0 Å². The Morgan fingerprint density at radius 2 is 1.76 bits per heavy atom. The summed E-state index contributed by atoms with van der Waals surface area (Å²) in [5, 5.41) is 11.5. The molecule has 3 amide bonds. The SMILES string of the molecule is CC(C)c1cccc(NC(=O)NC(=O)c2ccc3c(c2)NCCN3)c1. The first-order valence-electron chi connectivity index (χ1n) is 8.37. The summed E-state index contributed by atoms with van der Waals surface area (Å²) in [6.45, 7) is 5.81. The van der Waals surface area contributed by atoms with Crippen LogP contribution in [0.25, 0.3) is 0 Å². The Bertz CT molecular complexity index is 802. The second kappa shape index (κ2) is 7.25. The smallest absolute Gasteiger partial charge is 0.326 e. The van der Waals surface area contributed by atoms with Crippen LogP contribution in [-0.2, 0) is 0 Å². The summed E-state index contributed by atoms with van der Waals surface area (Å²) < 4.78 is 0. The number of imide groups is 1. The van der Waals surface area contributed by atoms with E-state index in [-0.39, 0.29) is 0 Å². The van der Waals surface area contributed by atoms with Crippen LogP contribution in [0.4, 0.5) is 21.9 Å². The molecule has 130 valence electrons. The number of anilines is 3. The van der Waals surface area contributed by atoms with Crippen LogP contribution >= 0.6 is 0 Å². The summed E-state index contributed by atoms with van der Waals surface area (Å²) in [7, 11) is 0. The number of carbonyl (C=O) groups excluding carboxylic acids is 2. The second-order valence-corrected chi connectivity index (χ2v) is 6.30. The van der Waals surface area contributed by atoms with E-state index in [9.17, 15) is 9.59 Å². The zero-order valence-electron chi connectivity index (χ0n) is 14.3. The molecule has 0 unspecified atom stereocenters. The Morgan fingerprint density at radius 3 is 2.52 bits per heavy atom. The lowest BCUT2D eigenvalue weighted by Gasteiger charge is -2.20. The molecular weight excluding hydrogens is 316 g/mol. The first-order valence-corrected chi connectivity index (χ1v) is 8.37. The van der Waals surface area contributed by atoms with Gasteiger partial charge in [-0.05, 0) is 41.8 Å². The lowest BCUT2D eigenvalue weighted by Crippen LogP contribution is -2.34. The predicted octanol–water partition coefficient (Wildman–Crippen LogP) is 3.61. The van der Waals surface area contributed by atoms with Crippen LogP contribution in [-0.4, -0.2) is 25.0 Å². The highest BCUT2D eigenvalue weighted by Gasteiger charge is 2.14. The molecule has 6 heteroatoms. The van der Waals surface area contributed by atoms with Crippen molar-refractivity contribution in [3.63, 3.8) is 0 Å². The van der Waals surface area contributed by atoms with Crippen molar-refractivity contribution < 1.29 is 9.59 Å². The highest BCUT2D eigenvalue weighted by Crippen LogP contribution is 2.25. The Labute approximate surface area is 147 Å². The van der Waals surface area contributed by atoms with E-state index in [4.69, 9.17) is 0 Å². The fourth-order valence-electron chi connectivity index (χ4n) is 2.69. The van der Waals surface area contributed by atoms with Crippen molar-refractivity contribution in [3.05, 3.63) is 53.6 Å². The molecule has 1 heterocycles. The number of amides is 3. The number of nitrogens with one attached hydrogen (secondary N) is 4. The van der Waals surface area contributed by atoms with E-state index >= 15 is 0 Å². The van der Waals surface area contributed by atoms with E-state index in [0.29, 0.717) is 17.2 Å². The maximum Gasteiger partial charge on any atom is 0.326 e. The number of fused-ring (bicyclic) bond motifs is 1. The second-order valence-electron chi connectivity index (χ2n) is 6.30. The Kier molecular flexibility index (Phi) is 4.88. The van der Waals surface area contributed by atoms with E-state index in [1.165, 1.54) is 0 Å². The highest BCUT2D eigenvalue weighted by atomic mass is 16.2. The van der Waals surface area contributed by atoms with Gasteiger partial charge in [0.05, 0.1) is 11.4 Å². The van der Waals surface area contributed by atoms with E-state index in [1.54, 1.807) is 18.2 Å². The van der Waals surface area contributed by atoms with Crippen LogP contribution < -0.4 is 21.3 Å². The van der Waals surface area contributed by atoms with Gasteiger partial charge in [0, 0.05) is 24.3 Å². The predicted molar refractivity (Wildman–Crippen MR) is 100 cm³/mol. The summed E-state index contributed by atoms with van der Waals surface area (Å²) in [5.41, 5.74) is 4.04. The van der Waals surface area contributed by atoms with Crippen molar-refractivity contribution in [2.45, 2.75) is 19.8 Å². The molecule has 2 aromatic rings. The standard InChI is InChI=1S/C19H22N4O2/c1-12(2)13-4-3-5-15(10-13)22-19(25)23-18(24)14-6-7-16-17(11-14)21-9-8-20-16/h3-7,10-12,20-21H,8-9H2,1-2H3,(H2,22,23,24,25). The fourth-order valence-corrected chi connectivity index (χ4v) is 2.69. The number of hydrogen-bond donors (Lipinski definition) is 4. The average molecular weight is 338 g/mol. The largest absolute Gasteiger partial charge is 0.382 e. The molecule has 1 aliphatic rings. The van der Waals surface area contributed by atoms with E-state index in [2.05, 4.69) is 35.1 Å². The molecule has 1 aliphatic heterocycles. The van der Waals surface area contributed by atoms with Crippen LogP contribution in [0.1, 0.15) is 35.7 Å². The first-order chi connectivity index (χ1) is 12.0. The van der Waals surface area contributed by atoms with Crippen molar-refractivity contribution in [2.24, 2.45) is 0 Å². The summed E-state index contributed by atoms with van der Waals surface area (Å²) >= 11 is 0. The highest BCUT2D eigenvalue weighted by molar-refractivity contribution is 6.08. The zero-order chi connectivity index (χ0) is 17.8. The van der Waals surface area contributed by atoms with Gasteiger partial charge in [-0.3, -0.25) is 10.1 Å². The lowest BCUT2D eigenvalue weighted by molar-refractivity contribution is 0.0967. The van der Waals surface area contributed by atoms with Crippen molar-refractivity contribution >= 4 is 29.0 Å². The Morgan fingerprint density at radius 1 is 1.00 bits per heavy atom. The molecule has 0 radical (unpaired) electrons. The summed E-state index contributed by atoms with van der Waals surface area (Å²) in [5.74, 6) is -0.0734. The average Bonchev–Trinajstić information content (AvgIpc) is 2.61. The topological polar surface area (TPSA) is 82.3 Å². The zero-order valence-corrected chi connectivity index (χ0v) is 14.3. The number of carbonyl (C=O) groups is 2. The van der Waals surface area contributed by atoms with Crippen LogP contribution in [0.3, 0.4) is 0 Å². The summed E-state index contributed by atoms with van der Waals surface area (Å²) in [6, 6.07) is 12.3. The minimum absolute atomic E-state index is 0.364. The van der Waals surface area contributed by atoms with E-state index in [1.807, 2.05) is 24.3 Å². The number of urea groups is 1. The molecule has 0 aliphatic carbocycles. The van der Waals surface area contributed by atoms with Crippen LogP contribution in [0.2, 0.25) is 0 Å². The van der Waals surface area contributed by atoms with Gasteiger partial charge in [0.15, 0.2) is 0 Å². The molecule has 2 aromatic carbocycles. The minimum atomic E-state index is -0.547. The third-order valence-electron chi connectivity index (χ3n) is 4.08. The number of rotatable bonds is 3.